The van der Waals surface area contributed by atoms with Crippen molar-refractivity contribution < 1.29 is 13.9 Å². The molecule has 1 amide bonds. The molecular weight excluding hydrogens is 285 g/mol. The number of amides is 1. The maximum absolute atomic E-state index is 13.5. The van der Waals surface area contributed by atoms with E-state index in [0.29, 0.717) is 13.1 Å². The highest BCUT2D eigenvalue weighted by Gasteiger charge is 2.27. The summed E-state index contributed by atoms with van der Waals surface area (Å²) in [6.07, 6.45) is 1.09. The molecule has 1 aliphatic heterocycles. The molecule has 0 bridgehead atoms. The van der Waals surface area contributed by atoms with Crippen LogP contribution in [-0.2, 0) is 9.53 Å². The zero-order valence-electron chi connectivity index (χ0n) is 12.5. The molecule has 116 valence electrons. The molecular formula is C16H18FN3O2. The van der Waals surface area contributed by atoms with Crippen LogP contribution < -0.4 is 5.32 Å². The second kappa shape index (κ2) is 7.05. The minimum absolute atomic E-state index is 0.0652. The number of ether oxygens (including phenoxy) is 1. The first-order valence-electron chi connectivity index (χ1n) is 7.07. The van der Waals surface area contributed by atoms with Crippen molar-refractivity contribution in [1.82, 2.24) is 4.90 Å². The lowest BCUT2D eigenvalue weighted by atomic mass is 10.2. The van der Waals surface area contributed by atoms with E-state index in [-0.39, 0.29) is 29.4 Å². The third-order valence-electron chi connectivity index (χ3n) is 3.30. The molecule has 0 spiro atoms. The Labute approximate surface area is 129 Å². The predicted molar refractivity (Wildman–Crippen MR) is 80.3 cm³/mol. The molecule has 2 atom stereocenters. The summed E-state index contributed by atoms with van der Waals surface area (Å²) >= 11 is 0. The summed E-state index contributed by atoms with van der Waals surface area (Å²) < 4.78 is 19.1. The minimum Gasteiger partial charge on any atom is -0.372 e. The van der Waals surface area contributed by atoms with Gasteiger partial charge in [0, 0.05) is 19.3 Å². The summed E-state index contributed by atoms with van der Waals surface area (Å²) in [6.45, 7) is 4.62. The number of halogens is 1. The number of nitrogens with one attached hydrogen (secondary N) is 1. The third kappa shape index (κ3) is 3.83. The van der Waals surface area contributed by atoms with Crippen LogP contribution in [0.3, 0.4) is 0 Å². The molecule has 1 aromatic rings. The Hall–Kier alpha value is -2.39. The van der Waals surface area contributed by atoms with Crippen molar-refractivity contribution >= 4 is 11.6 Å². The van der Waals surface area contributed by atoms with Crippen LogP contribution in [-0.4, -0.2) is 36.1 Å². The summed E-state index contributed by atoms with van der Waals surface area (Å²) in [5.74, 6) is -0.828. The van der Waals surface area contributed by atoms with E-state index in [1.54, 1.807) is 17.0 Å². The largest absolute Gasteiger partial charge is 0.372 e. The molecule has 1 fully saturated rings. The Morgan fingerprint density at radius 1 is 1.41 bits per heavy atom. The molecule has 5 nitrogen and oxygen atoms in total. The van der Waals surface area contributed by atoms with Crippen molar-refractivity contribution in [2.24, 2.45) is 0 Å². The van der Waals surface area contributed by atoms with Gasteiger partial charge < -0.3 is 15.0 Å². The molecule has 22 heavy (non-hydrogen) atoms. The van der Waals surface area contributed by atoms with Crippen molar-refractivity contribution in [3.63, 3.8) is 0 Å². The second-order valence-corrected chi connectivity index (χ2v) is 5.26. The van der Waals surface area contributed by atoms with Gasteiger partial charge in [-0.3, -0.25) is 4.79 Å². The standard InChI is InChI=1S/C16H18FN3O2/c1-11-9-20(10-12(2)22-11)16(21)13(7-18)8-19-15-6-4-3-5-14(15)17/h3-6,8,11-12,19H,9-10H2,1-2H3/b13-8-. The zero-order valence-corrected chi connectivity index (χ0v) is 12.5. The maximum atomic E-state index is 13.5. The number of hydrogen-bond donors (Lipinski definition) is 1. The van der Waals surface area contributed by atoms with Crippen LogP contribution in [0.4, 0.5) is 10.1 Å². The number of benzene rings is 1. The first-order chi connectivity index (χ1) is 10.5. The van der Waals surface area contributed by atoms with Gasteiger partial charge in [0.25, 0.3) is 5.91 Å². The number of morpholine rings is 1. The van der Waals surface area contributed by atoms with Crippen molar-refractivity contribution in [3.05, 3.63) is 41.9 Å². The van der Waals surface area contributed by atoms with Crippen molar-refractivity contribution in [3.8, 4) is 6.07 Å². The average molecular weight is 303 g/mol. The highest BCUT2D eigenvalue weighted by atomic mass is 19.1. The third-order valence-corrected chi connectivity index (χ3v) is 3.30. The van der Waals surface area contributed by atoms with E-state index in [1.165, 1.54) is 18.3 Å². The molecule has 1 N–H and O–H groups in total. The predicted octanol–water partition coefficient (Wildman–Crippen LogP) is 2.28. The number of nitriles is 1. The second-order valence-electron chi connectivity index (χ2n) is 5.26. The van der Waals surface area contributed by atoms with Gasteiger partial charge in [-0.15, -0.1) is 0 Å². The van der Waals surface area contributed by atoms with Gasteiger partial charge in [-0.2, -0.15) is 5.26 Å². The number of hydrogen-bond acceptors (Lipinski definition) is 4. The van der Waals surface area contributed by atoms with Crippen LogP contribution in [0.1, 0.15) is 13.8 Å². The Morgan fingerprint density at radius 3 is 2.64 bits per heavy atom. The molecule has 2 rings (SSSR count). The number of carbonyl (C=O) groups is 1. The van der Waals surface area contributed by atoms with Crippen LogP contribution in [0.5, 0.6) is 0 Å². The van der Waals surface area contributed by atoms with Gasteiger partial charge in [0.1, 0.15) is 17.5 Å². The molecule has 1 aliphatic rings. The van der Waals surface area contributed by atoms with E-state index in [9.17, 15) is 14.4 Å². The molecule has 6 heteroatoms. The molecule has 1 aromatic carbocycles. The number of rotatable bonds is 3. The minimum atomic E-state index is -0.447. The fourth-order valence-electron chi connectivity index (χ4n) is 2.38. The van der Waals surface area contributed by atoms with Crippen LogP contribution in [0.15, 0.2) is 36.0 Å². The number of para-hydroxylation sites is 1. The summed E-state index contributed by atoms with van der Waals surface area (Å²) in [4.78, 5) is 14.0. The lowest BCUT2D eigenvalue weighted by Gasteiger charge is -2.35. The van der Waals surface area contributed by atoms with Gasteiger partial charge in [0.15, 0.2) is 0 Å². The molecule has 2 unspecified atom stereocenters. The Balaban J connectivity index is 2.10. The normalized spacial score (nSPS) is 22.1. The van der Waals surface area contributed by atoms with E-state index in [1.807, 2.05) is 19.9 Å². The fraction of sp³-hybridized carbons (Fsp3) is 0.375. The van der Waals surface area contributed by atoms with Crippen LogP contribution >= 0.6 is 0 Å². The summed E-state index contributed by atoms with van der Waals surface area (Å²) in [5, 5.41) is 11.8. The highest BCUT2D eigenvalue weighted by Crippen LogP contribution is 2.15. The Bertz CT molecular complexity index is 614. The fourth-order valence-corrected chi connectivity index (χ4v) is 2.38. The SMILES string of the molecule is CC1CN(C(=O)/C(C#N)=C\Nc2ccccc2F)CC(C)O1. The van der Waals surface area contributed by atoms with Crippen molar-refractivity contribution in [2.75, 3.05) is 18.4 Å². The highest BCUT2D eigenvalue weighted by molar-refractivity contribution is 5.97. The van der Waals surface area contributed by atoms with Gasteiger partial charge in [0.05, 0.1) is 17.9 Å². The number of nitrogens with zero attached hydrogens (tertiary/aromatic N) is 2. The molecule has 0 aliphatic carbocycles. The smallest absolute Gasteiger partial charge is 0.266 e. The number of carbonyl (C=O) groups excluding carboxylic acids is 1. The molecule has 1 heterocycles. The summed E-state index contributed by atoms with van der Waals surface area (Å²) in [7, 11) is 0. The van der Waals surface area contributed by atoms with Gasteiger partial charge >= 0.3 is 0 Å². The Kier molecular flexibility index (Phi) is 5.12. The maximum Gasteiger partial charge on any atom is 0.266 e. The lowest BCUT2D eigenvalue weighted by Crippen LogP contribution is -2.48. The lowest BCUT2D eigenvalue weighted by molar-refractivity contribution is -0.138. The van der Waals surface area contributed by atoms with Crippen LogP contribution in [0, 0.1) is 17.1 Å². The van der Waals surface area contributed by atoms with E-state index >= 15 is 0 Å². The van der Waals surface area contributed by atoms with Crippen LogP contribution in [0.2, 0.25) is 0 Å². The zero-order chi connectivity index (χ0) is 16.1. The van der Waals surface area contributed by atoms with E-state index in [0.717, 1.165) is 0 Å². The average Bonchev–Trinajstić information content (AvgIpc) is 2.48. The Morgan fingerprint density at radius 2 is 2.05 bits per heavy atom. The van der Waals surface area contributed by atoms with Gasteiger partial charge in [-0.25, -0.2) is 4.39 Å². The first-order valence-corrected chi connectivity index (χ1v) is 7.07. The van der Waals surface area contributed by atoms with Gasteiger partial charge in [0.2, 0.25) is 0 Å². The van der Waals surface area contributed by atoms with Gasteiger partial charge in [-0.1, -0.05) is 12.1 Å². The first kappa shape index (κ1) is 16.0. The number of anilines is 1. The summed E-state index contributed by atoms with van der Waals surface area (Å²) in [5.41, 5.74) is 0.149. The molecule has 0 aromatic heterocycles. The van der Waals surface area contributed by atoms with Crippen LogP contribution in [0.25, 0.3) is 0 Å². The van der Waals surface area contributed by atoms with E-state index in [4.69, 9.17) is 4.74 Å². The van der Waals surface area contributed by atoms with E-state index in [2.05, 4.69) is 5.32 Å². The monoisotopic (exact) mass is 303 g/mol. The molecule has 0 saturated carbocycles. The van der Waals surface area contributed by atoms with E-state index < -0.39 is 5.82 Å². The topological polar surface area (TPSA) is 65.4 Å². The molecule has 0 radical (unpaired) electrons. The molecule has 1 saturated heterocycles. The van der Waals surface area contributed by atoms with Crippen molar-refractivity contribution in [1.29, 1.82) is 5.26 Å². The summed E-state index contributed by atoms with van der Waals surface area (Å²) in [6, 6.07) is 7.93. The quantitative estimate of drug-likeness (QED) is 0.687. The van der Waals surface area contributed by atoms with Gasteiger partial charge in [-0.05, 0) is 26.0 Å². The van der Waals surface area contributed by atoms with Crippen molar-refractivity contribution in [2.45, 2.75) is 26.1 Å².